The van der Waals surface area contributed by atoms with Gasteiger partial charge in [0.1, 0.15) is 5.78 Å². The molecule has 2 unspecified atom stereocenters. The molecule has 0 amide bonds. The van der Waals surface area contributed by atoms with Crippen molar-refractivity contribution in [3.8, 4) is 0 Å². The lowest BCUT2D eigenvalue weighted by atomic mass is 9.63. The van der Waals surface area contributed by atoms with Gasteiger partial charge < -0.3 is 10.8 Å². The summed E-state index contributed by atoms with van der Waals surface area (Å²) >= 11 is 0. The summed E-state index contributed by atoms with van der Waals surface area (Å²) in [5.74, 6) is 0.952. The summed E-state index contributed by atoms with van der Waals surface area (Å²) in [4.78, 5) is 11.3. The van der Waals surface area contributed by atoms with Crippen LogP contribution in [-0.2, 0) is 4.79 Å². The predicted octanol–water partition coefficient (Wildman–Crippen LogP) is 1.63. The van der Waals surface area contributed by atoms with Crippen LogP contribution < -0.4 is 5.73 Å². The van der Waals surface area contributed by atoms with E-state index in [4.69, 9.17) is 5.73 Å². The number of Topliss-reactive ketones (excluding diaryl/α,β-unsaturated/α-hetero) is 1. The van der Waals surface area contributed by atoms with Gasteiger partial charge in [0.25, 0.3) is 0 Å². The van der Waals surface area contributed by atoms with Crippen LogP contribution in [0.2, 0.25) is 0 Å². The van der Waals surface area contributed by atoms with Crippen molar-refractivity contribution in [2.45, 2.75) is 57.5 Å². The number of carbonyl (C=O) groups is 1. The van der Waals surface area contributed by atoms with Gasteiger partial charge in [-0.1, -0.05) is 13.3 Å². The fraction of sp³-hybridized carbons (Fsp3) is 0.923. The molecule has 92 valence electrons. The third-order valence-electron chi connectivity index (χ3n) is 4.87. The zero-order chi connectivity index (χ0) is 11.8. The molecular formula is C13H23NO2. The van der Waals surface area contributed by atoms with E-state index >= 15 is 0 Å². The van der Waals surface area contributed by atoms with Gasteiger partial charge in [0.15, 0.2) is 0 Å². The van der Waals surface area contributed by atoms with Gasteiger partial charge in [-0.15, -0.1) is 0 Å². The first-order chi connectivity index (χ1) is 7.51. The van der Waals surface area contributed by atoms with Crippen molar-refractivity contribution in [2.75, 3.05) is 6.54 Å². The Labute approximate surface area is 97.4 Å². The molecule has 3 nitrogen and oxygen atoms in total. The first kappa shape index (κ1) is 12.1. The second-order valence-corrected chi connectivity index (χ2v) is 5.90. The highest BCUT2D eigenvalue weighted by atomic mass is 16.3. The van der Waals surface area contributed by atoms with Crippen LogP contribution in [0.25, 0.3) is 0 Å². The van der Waals surface area contributed by atoms with Gasteiger partial charge in [-0.2, -0.15) is 0 Å². The van der Waals surface area contributed by atoms with Crippen LogP contribution in [0.15, 0.2) is 0 Å². The highest BCUT2D eigenvalue weighted by Crippen LogP contribution is 2.52. The van der Waals surface area contributed by atoms with Crippen LogP contribution in [0.3, 0.4) is 0 Å². The fourth-order valence-corrected chi connectivity index (χ4v) is 3.66. The number of hydrogen-bond acceptors (Lipinski definition) is 3. The van der Waals surface area contributed by atoms with Crippen LogP contribution in [0, 0.1) is 11.3 Å². The van der Waals surface area contributed by atoms with Gasteiger partial charge >= 0.3 is 0 Å². The van der Waals surface area contributed by atoms with Crippen molar-refractivity contribution in [3.05, 3.63) is 0 Å². The normalized spacial score (nSPS) is 38.9. The Hall–Kier alpha value is -0.410. The molecule has 3 N–H and O–H groups in total. The van der Waals surface area contributed by atoms with Crippen molar-refractivity contribution < 1.29 is 9.90 Å². The van der Waals surface area contributed by atoms with E-state index in [2.05, 4.69) is 6.92 Å². The molecule has 0 radical (unpaired) electrons. The van der Waals surface area contributed by atoms with Crippen molar-refractivity contribution in [1.29, 1.82) is 0 Å². The minimum absolute atomic E-state index is 0.118. The molecule has 0 spiro atoms. The van der Waals surface area contributed by atoms with E-state index in [0.717, 1.165) is 19.3 Å². The second-order valence-electron chi connectivity index (χ2n) is 5.90. The Morgan fingerprint density at radius 1 is 1.38 bits per heavy atom. The predicted molar refractivity (Wildman–Crippen MR) is 62.9 cm³/mol. The number of rotatable bonds is 2. The Bertz CT molecular complexity index is 280. The number of hydrogen-bond donors (Lipinski definition) is 2. The molecule has 0 saturated heterocycles. The number of carbonyl (C=O) groups excluding carboxylic acids is 1. The summed E-state index contributed by atoms with van der Waals surface area (Å²) < 4.78 is 0. The summed E-state index contributed by atoms with van der Waals surface area (Å²) in [5, 5.41) is 10.8. The van der Waals surface area contributed by atoms with E-state index in [1.165, 1.54) is 0 Å². The maximum atomic E-state index is 11.3. The zero-order valence-corrected chi connectivity index (χ0v) is 10.2. The van der Waals surface area contributed by atoms with E-state index in [1.54, 1.807) is 0 Å². The summed E-state index contributed by atoms with van der Waals surface area (Å²) in [6.07, 6.45) is 5.52. The van der Waals surface area contributed by atoms with Gasteiger partial charge in [-0.3, -0.25) is 4.79 Å². The fourth-order valence-electron chi connectivity index (χ4n) is 3.66. The highest BCUT2D eigenvalue weighted by Gasteiger charge is 2.53. The number of nitrogens with two attached hydrogens (primary N) is 1. The summed E-state index contributed by atoms with van der Waals surface area (Å²) in [6, 6.07) is 0. The van der Waals surface area contributed by atoms with Crippen LogP contribution >= 0.6 is 0 Å². The molecular weight excluding hydrogens is 202 g/mol. The Balaban J connectivity index is 2.17. The van der Waals surface area contributed by atoms with Gasteiger partial charge in [0.05, 0.1) is 5.60 Å². The molecule has 2 saturated carbocycles. The Morgan fingerprint density at radius 3 is 2.44 bits per heavy atom. The van der Waals surface area contributed by atoms with Crippen LogP contribution in [0.5, 0.6) is 0 Å². The van der Waals surface area contributed by atoms with Gasteiger partial charge in [-0.05, 0) is 31.6 Å². The molecule has 3 heteroatoms. The van der Waals surface area contributed by atoms with Crippen molar-refractivity contribution in [2.24, 2.45) is 17.1 Å². The second kappa shape index (κ2) is 4.11. The van der Waals surface area contributed by atoms with Crippen LogP contribution in [0.1, 0.15) is 51.9 Å². The quantitative estimate of drug-likeness (QED) is 0.750. The molecule has 2 rings (SSSR count). The molecule has 0 bridgehead atoms. The maximum Gasteiger partial charge on any atom is 0.133 e. The van der Waals surface area contributed by atoms with Crippen LogP contribution in [-0.4, -0.2) is 23.0 Å². The molecule has 0 aromatic carbocycles. The average Bonchev–Trinajstić information content (AvgIpc) is 2.66. The van der Waals surface area contributed by atoms with E-state index in [0.29, 0.717) is 43.9 Å². The summed E-state index contributed by atoms with van der Waals surface area (Å²) in [7, 11) is 0. The average molecular weight is 225 g/mol. The summed E-state index contributed by atoms with van der Waals surface area (Å²) in [6.45, 7) is 2.79. The highest BCUT2D eigenvalue weighted by molar-refractivity contribution is 5.79. The van der Waals surface area contributed by atoms with Crippen LogP contribution in [0.4, 0.5) is 0 Å². The maximum absolute atomic E-state index is 11.3. The SMILES string of the molecule is CC1CCC(CN)(C2(O)CCC(=O)CC2)C1. The molecule has 0 aromatic rings. The van der Waals surface area contributed by atoms with Crippen molar-refractivity contribution >= 4 is 5.78 Å². The molecule has 16 heavy (non-hydrogen) atoms. The molecule has 0 aromatic heterocycles. The molecule has 2 fully saturated rings. The smallest absolute Gasteiger partial charge is 0.133 e. The monoisotopic (exact) mass is 225 g/mol. The number of aliphatic hydroxyl groups is 1. The Morgan fingerprint density at radius 2 is 2.00 bits per heavy atom. The van der Waals surface area contributed by atoms with Gasteiger partial charge in [-0.25, -0.2) is 0 Å². The first-order valence-corrected chi connectivity index (χ1v) is 6.45. The third-order valence-corrected chi connectivity index (χ3v) is 4.87. The largest absolute Gasteiger partial charge is 0.389 e. The van der Waals surface area contributed by atoms with Crippen molar-refractivity contribution in [1.82, 2.24) is 0 Å². The number of ketones is 1. The lowest BCUT2D eigenvalue weighted by Crippen LogP contribution is -2.53. The molecule has 2 atom stereocenters. The van der Waals surface area contributed by atoms with E-state index in [-0.39, 0.29) is 5.41 Å². The van der Waals surface area contributed by atoms with E-state index in [9.17, 15) is 9.90 Å². The standard InChI is InChI=1S/C13H23NO2/c1-10-2-5-12(8-10,9-14)13(16)6-3-11(15)4-7-13/h10,16H,2-9,14H2,1H3. The van der Waals surface area contributed by atoms with E-state index in [1.807, 2.05) is 0 Å². The lowest BCUT2D eigenvalue weighted by molar-refractivity contribution is -0.137. The minimum atomic E-state index is -0.680. The molecule has 2 aliphatic rings. The molecule has 0 aliphatic heterocycles. The van der Waals surface area contributed by atoms with Gasteiger partial charge in [0.2, 0.25) is 0 Å². The third kappa shape index (κ3) is 1.80. The molecule has 0 heterocycles. The van der Waals surface area contributed by atoms with E-state index < -0.39 is 5.60 Å². The van der Waals surface area contributed by atoms with Gasteiger partial charge in [0, 0.05) is 24.8 Å². The first-order valence-electron chi connectivity index (χ1n) is 6.45. The topological polar surface area (TPSA) is 63.3 Å². The minimum Gasteiger partial charge on any atom is -0.389 e. The zero-order valence-electron chi connectivity index (χ0n) is 10.2. The van der Waals surface area contributed by atoms with Crippen molar-refractivity contribution in [3.63, 3.8) is 0 Å². The summed E-state index contributed by atoms with van der Waals surface area (Å²) in [5.41, 5.74) is 5.14. The lowest BCUT2D eigenvalue weighted by Gasteiger charge is -2.47. The molecule has 2 aliphatic carbocycles. The Kier molecular flexibility index (Phi) is 3.10.